The van der Waals surface area contributed by atoms with Gasteiger partial charge in [-0.25, -0.2) is 4.79 Å². The average molecular weight is 277 g/mol. The maximum Gasteiger partial charge on any atom is 0.397 e. The van der Waals surface area contributed by atoms with Crippen LogP contribution in [0.15, 0.2) is 22.7 Å². The SMILES string of the molecule is CCOC(=O)c1nc(-c2cc([N+](=O)[O-])ccc2C)no1. The van der Waals surface area contributed by atoms with Crippen LogP contribution in [0.4, 0.5) is 5.69 Å². The van der Waals surface area contributed by atoms with Crippen molar-refractivity contribution in [2.75, 3.05) is 6.61 Å². The van der Waals surface area contributed by atoms with Crippen molar-refractivity contribution >= 4 is 11.7 Å². The van der Waals surface area contributed by atoms with E-state index in [0.717, 1.165) is 5.56 Å². The van der Waals surface area contributed by atoms with Crippen molar-refractivity contribution in [3.8, 4) is 11.4 Å². The van der Waals surface area contributed by atoms with E-state index in [0.29, 0.717) is 5.56 Å². The van der Waals surface area contributed by atoms with E-state index in [1.807, 2.05) is 0 Å². The second kappa shape index (κ2) is 5.47. The first-order valence-electron chi connectivity index (χ1n) is 5.79. The molecule has 0 fully saturated rings. The second-order valence-electron chi connectivity index (χ2n) is 3.90. The summed E-state index contributed by atoms with van der Waals surface area (Å²) in [6.07, 6.45) is 0. The molecule has 0 amide bonds. The van der Waals surface area contributed by atoms with Crippen LogP contribution in [0, 0.1) is 17.0 Å². The number of carbonyl (C=O) groups is 1. The summed E-state index contributed by atoms with van der Waals surface area (Å²) in [4.78, 5) is 25.6. The third-order valence-electron chi connectivity index (χ3n) is 2.55. The van der Waals surface area contributed by atoms with Gasteiger partial charge < -0.3 is 9.26 Å². The largest absolute Gasteiger partial charge is 0.459 e. The third kappa shape index (κ3) is 2.63. The molecule has 8 nitrogen and oxygen atoms in total. The average Bonchev–Trinajstić information content (AvgIpc) is 2.88. The first-order valence-corrected chi connectivity index (χ1v) is 5.79. The van der Waals surface area contributed by atoms with Gasteiger partial charge in [-0.3, -0.25) is 10.1 Å². The molecule has 0 bridgehead atoms. The fourth-order valence-corrected chi connectivity index (χ4v) is 1.57. The number of ether oxygens (including phenoxy) is 1. The van der Waals surface area contributed by atoms with Crippen molar-refractivity contribution in [2.45, 2.75) is 13.8 Å². The van der Waals surface area contributed by atoms with Crippen LogP contribution in [0.2, 0.25) is 0 Å². The zero-order valence-corrected chi connectivity index (χ0v) is 10.8. The Labute approximate surface area is 113 Å². The Morgan fingerprint density at radius 3 is 2.90 bits per heavy atom. The molecule has 0 aliphatic carbocycles. The number of non-ortho nitro benzene ring substituents is 1. The maximum absolute atomic E-state index is 11.4. The highest BCUT2D eigenvalue weighted by atomic mass is 16.6. The van der Waals surface area contributed by atoms with Gasteiger partial charge >= 0.3 is 11.9 Å². The van der Waals surface area contributed by atoms with Crippen molar-refractivity contribution in [1.29, 1.82) is 0 Å². The quantitative estimate of drug-likeness (QED) is 0.478. The molecular formula is C12H11N3O5. The Balaban J connectivity index is 2.39. The summed E-state index contributed by atoms with van der Waals surface area (Å²) in [7, 11) is 0. The van der Waals surface area contributed by atoms with Gasteiger partial charge in [0.15, 0.2) is 0 Å². The van der Waals surface area contributed by atoms with E-state index in [-0.39, 0.29) is 24.0 Å². The topological polar surface area (TPSA) is 108 Å². The van der Waals surface area contributed by atoms with Crippen molar-refractivity contribution < 1.29 is 19.0 Å². The second-order valence-corrected chi connectivity index (χ2v) is 3.90. The van der Waals surface area contributed by atoms with Gasteiger partial charge in [0.25, 0.3) is 5.69 Å². The Morgan fingerprint density at radius 2 is 2.25 bits per heavy atom. The van der Waals surface area contributed by atoms with Crippen LogP contribution in [0.3, 0.4) is 0 Å². The zero-order valence-electron chi connectivity index (χ0n) is 10.8. The minimum absolute atomic E-state index is 0.0897. The number of hydrogen-bond donors (Lipinski definition) is 0. The fraction of sp³-hybridized carbons (Fsp3) is 0.250. The molecular weight excluding hydrogens is 266 g/mol. The number of rotatable bonds is 4. The normalized spacial score (nSPS) is 10.3. The van der Waals surface area contributed by atoms with Gasteiger partial charge in [-0.2, -0.15) is 4.98 Å². The van der Waals surface area contributed by atoms with Crippen LogP contribution in [0.5, 0.6) is 0 Å². The Hall–Kier alpha value is -2.77. The number of carbonyl (C=O) groups excluding carboxylic acids is 1. The van der Waals surface area contributed by atoms with Gasteiger partial charge in [-0.15, -0.1) is 0 Å². The minimum atomic E-state index is -0.727. The van der Waals surface area contributed by atoms with Gasteiger partial charge in [0.2, 0.25) is 5.82 Å². The van der Waals surface area contributed by atoms with Crippen molar-refractivity contribution in [2.24, 2.45) is 0 Å². The summed E-state index contributed by atoms with van der Waals surface area (Å²) in [5, 5.41) is 14.4. The fourth-order valence-electron chi connectivity index (χ4n) is 1.57. The van der Waals surface area contributed by atoms with Crippen LogP contribution in [0.1, 0.15) is 23.2 Å². The highest BCUT2D eigenvalue weighted by molar-refractivity contribution is 5.84. The zero-order chi connectivity index (χ0) is 14.7. The van der Waals surface area contributed by atoms with E-state index in [9.17, 15) is 14.9 Å². The van der Waals surface area contributed by atoms with E-state index >= 15 is 0 Å². The number of esters is 1. The van der Waals surface area contributed by atoms with E-state index in [4.69, 9.17) is 9.26 Å². The van der Waals surface area contributed by atoms with E-state index in [2.05, 4.69) is 10.1 Å². The number of hydrogen-bond acceptors (Lipinski definition) is 7. The predicted molar refractivity (Wildman–Crippen MR) is 67.1 cm³/mol. The molecule has 0 spiro atoms. The van der Waals surface area contributed by atoms with E-state index < -0.39 is 10.9 Å². The minimum Gasteiger partial charge on any atom is -0.459 e. The third-order valence-corrected chi connectivity index (χ3v) is 2.55. The molecule has 0 aliphatic rings. The number of nitro benzene ring substituents is 1. The van der Waals surface area contributed by atoms with Crippen LogP contribution >= 0.6 is 0 Å². The van der Waals surface area contributed by atoms with E-state index in [1.165, 1.54) is 12.1 Å². The number of aromatic nitrogens is 2. The summed E-state index contributed by atoms with van der Waals surface area (Å²) >= 11 is 0. The van der Waals surface area contributed by atoms with Gasteiger partial charge in [0, 0.05) is 17.7 Å². The molecule has 0 saturated heterocycles. The predicted octanol–water partition coefficient (Wildman–Crippen LogP) is 2.13. The van der Waals surface area contributed by atoms with Crippen LogP contribution < -0.4 is 0 Å². The highest BCUT2D eigenvalue weighted by Gasteiger charge is 2.19. The lowest BCUT2D eigenvalue weighted by molar-refractivity contribution is -0.384. The summed E-state index contributed by atoms with van der Waals surface area (Å²) < 4.78 is 9.51. The molecule has 8 heteroatoms. The molecule has 0 radical (unpaired) electrons. The Morgan fingerprint density at radius 1 is 1.50 bits per heavy atom. The smallest absolute Gasteiger partial charge is 0.397 e. The summed E-state index contributed by atoms with van der Waals surface area (Å²) in [6.45, 7) is 3.59. The molecule has 0 saturated carbocycles. The molecule has 104 valence electrons. The lowest BCUT2D eigenvalue weighted by atomic mass is 10.1. The summed E-state index contributed by atoms with van der Waals surface area (Å²) in [6, 6.07) is 4.29. The molecule has 1 aromatic heterocycles. The lowest BCUT2D eigenvalue weighted by Crippen LogP contribution is -2.04. The highest BCUT2D eigenvalue weighted by Crippen LogP contribution is 2.25. The molecule has 1 aromatic carbocycles. The number of nitro groups is 1. The molecule has 0 aliphatic heterocycles. The van der Waals surface area contributed by atoms with Crippen molar-refractivity contribution in [1.82, 2.24) is 10.1 Å². The standard InChI is InChI=1S/C12H11N3O5/c1-3-19-12(16)11-13-10(14-20-11)9-6-8(15(17)18)5-4-7(9)2/h4-6H,3H2,1-2H3. The molecule has 0 atom stereocenters. The molecule has 2 rings (SSSR count). The Kier molecular flexibility index (Phi) is 3.74. The number of nitrogens with zero attached hydrogens (tertiary/aromatic N) is 3. The number of benzene rings is 1. The summed E-state index contributed by atoms with van der Waals surface area (Å²) in [5.41, 5.74) is 1.07. The molecule has 1 heterocycles. The van der Waals surface area contributed by atoms with Crippen LogP contribution in [-0.4, -0.2) is 27.6 Å². The monoisotopic (exact) mass is 277 g/mol. The van der Waals surface area contributed by atoms with Gasteiger partial charge in [0.05, 0.1) is 11.5 Å². The van der Waals surface area contributed by atoms with E-state index in [1.54, 1.807) is 19.9 Å². The van der Waals surface area contributed by atoms with Crippen LogP contribution in [0.25, 0.3) is 11.4 Å². The summed E-state index contributed by atoms with van der Waals surface area (Å²) in [5.74, 6) is -0.906. The van der Waals surface area contributed by atoms with Gasteiger partial charge in [-0.05, 0) is 19.4 Å². The van der Waals surface area contributed by atoms with Crippen molar-refractivity contribution in [3.05, 3.63) is 39.8 Å². The molecule has 0 N–H and O–H groups in total. The number of aryl methyl sites for hydroxylation is 1. The van der Waals surface area contributed by atoms with Crippen LogP contribution in [-0.2, 0) is 4.74 Å². The first kappa shape index (κ1) is 13.7. The maximum atomic E-state index is 11.4. The molecule has 20 heavy (non-hydrogen) atoms. The van der Waals surface area contributed by atoms with Gasteiger partial charge in [-0.1, -0.05) is 11.2 Å². The van der Waals surface area contributed by atoms with Crippen molar-refractivity contribution in [3.63, 3.8) is 0 Å². The lowest BCUT2D eigenvalue weighted by Gasteiger charge is -2.00. The molecule has 0 unspecified atom stereocenters. The Bertz CT molecular complexity index is 665. The molecule has 2 aromatic rings. The first-order chi connectivity index (χ1) is 9.52. The van der Waals surface area contributed by atoms with Gasteiger partial charge in [0.1, 0.15) is 0 Å².